The third kappa shape index (κ3) is 3.91. The van der Waals surface area contributed by atoms with E-state index in [4.69, 9.17) is 10.5 Å². The lowest BCUT2D eigenvalue weighted by Crippen LogP contribution is -2.29. The van der Waals surface area contributed by atoms with Gasteiger partial charge in [-0.3, -0.25) is 0 Å². The minimum absolute atomic E-state index is 0.332. The average molecular weight is 250 g/mol. The SMILES string of the molecule is CCC(C)OCCN(CC)c1cccc(C)c1N. The highest BCUT2D eigenvalue weighted by atomic mass is 16.5. The highest BCUT2D eigenvalue weighted by Gasteiger charge is 2.09. The van der Waals surface area contributed by atoms with Crippen molar-refractivity contribution >= 4 is 11.4 Å². The molecule has 3 nitrogen and oxygen atoms in total. The summed E-state index contributed by atoms with van der Waals surface area (Å²) in [4.78, 5) is 2.27. The summed E-state index contributed by atoms with van der Waals surface area (Å²) in [6, 6.07) is 6.18. The Balaban J connectivity index is 2.63. The fraction of sp³-hybridized carbons (Fsp3) is 0.600. The van der Waals surface area contributed by atoms with Crippen LogP contribution in [0.3, 0.4) is 0 Å². The van der Waals surface area contributed by atoms with Gasteiger partial charge in [-0.25, -0.2) is 0 Å². The first-order valence-electron chi connectivity index (χ1n) is 6.81. The normalized spacial score (nSPS) is 12.4. The second kappa shape index (κ2) is 7.27. The lowest BCUT2D eigenvalue weighted by Gasteiger charge is -2.26. The number of ether oxygens (including phenoxy) is 1. The van der Waals surface area contributed by atoms with Crippen molar-refractivity contribution in [1.82, 2.24) is 0 Å². The number of hydrogen-bond donors (Lipinski definition) is 1. The van der Waals surface area contributed by atoms with E-state index in [0.29, 0.717) is 6.10 Å². The lowest BCUT2D eigenvalue weighted by molar-refractivity contribution is 0.0687. The minimum Gasteiger partial charge on any atom is -0.397 e. The van der Waals surface area contributed by atoms with Crippen molar-refractivity contribution in [3.63, 3.8) is 0 Å². The van der Waals surface area contributed by atoms with Crippen LogP contribution in [-0.2, 0) is 4.74 Å². The Kier molecular flexibility index (Phi) is 5.99. The first-order chi connectivity index (χ1) is 8.60. The van der Waals surface area contributed by atoms with Crippen molar-refractivity contribution < 1.29 is 4.74 Å². The summed E-state index contributed by atoms with van der Waals surface area (Å²) in [5, 5.41) is 0. The maximum atomic E-state index is 6.13. The summed E-state index contributed by atoms with van der Waals surface area (Å²) in [6.07, 6.45) is 1.39. The van der Waals surface area contributed by atoms with E-state index in [1.165, 1.54) is 0 Å². The number of nitrogen functional groups attached to an aromatic ring is 1. The maximum absolute atomic E-state index is 6.13. The van der Waals surface area contributed by atoms with E-state index >= 15 is 0 Å². The van der Waals surface area contributed by atoms with E-state index in [1.807, 2.05) is 13.0 Å². The minimum atomic E-state index is 0.332. The van der Waals surface area contributed by atoms with Gasteiger partial charge in [0.05, 0.1) is 24.1 Å². The molecule has 0 heterocycles. The Morgan fingerprint density at radius 1 is 1.33 bits per heavy atom. The molecule has 0 fully saturated rings. The van der Waals surface area contributed by atoms with Gasteiger partial charge in [0, 0.05) is 13.1 Å². The molecule has 0 radical (unpaired) electrons. The van der Waals surface area contributed by atoms with Gasteiger partial charge >= 0.3 is 0 Å². The van der Waals surface area contributed by atoms with Crippen LogP contribution in [0.25, 0.3) is 0 Å². The van der Waals surface area contributed by atoms with E-state index in [1.54, 1.807) is 0 Å². The van der Waals surface area contributed by atoms with Crippen LogP contribution in [0.5, 0.6) is 0 Å². The Hall–Kier alpha value is -1.22. The number of anilines is 2. The lowest BCUT2D eigenvalue weighted by atomic mass is 10.1. The van der Waals surface area contributed by atoms with E-state index in [0.717, 1.165) is 43.1 Å². The van der Waals surface area contributed by atoms with Crippen molar-refractivity contribution in [2.45, 2.75) is 40.2 Å². The van der Waals surface area contributed by atoms with Gasteiger partial charge in [-0.15, -0.1) is 0 Å². The highest BCUT2D eigenvalue weighted by Crippen LogP contribution is 2.25. The van der Waals surface area contributed by atoms with Crippen LogP contribution in [0.4, 0.5) is 11.4 Å². The summed E-state index contributed by atoms with van der Waals surface area (Å²) in [5.74, 6) is 0. The topological polar surface area (TPSA) is 38.5 Å². The van der Waals surface area contributed by atoms with Crippen LogP contribution in [0.2, 0.25) is 0 Å². The average Bonchev–Trinajstić information content (AvgIpc) is 2.38. The number of nitrogens with two attached hydrogens (primary N) is 1. The number of benzene rings is 1. The van der Waals surface area contributed by atoms with Crippen LogP contribution < -0.4 is 10.6 Å². The predicted molar refractivity (Wildman–Crippen MR) is 79.2 cm³/mol. The molecule has 0 amide bonds. The largest absolute Gasteiger partial charge is 0.397 e. The Labute approximate surface area is 111 Å². The molecule has 1 rings (SSSR count). The molecule has 2 N–H and O–H groups in total. The Bertz CT molecular complexity index is 366. The number of nitrogens with zero attached hydrogens (tertiary/aromatic N) is 1. The molecule has 102 valence electrons. The second-order valence-electron chi connectivity index (χ2n) is 4.68. The van der Waals surface area contributed by atoms with E-state index in [-0.39, 0.29) is 0 Å². The van der Waals surface area contributed by atoms with E-state index in [9.17, 15) is 0 Å². The van der Waals surface area contributed by atoms with Gasteiger partial charge in [0.15, 0.2) is 0 Å². The number of aryl methyl sites for hydroxylation is 1. The summed E-state index contributed by atoms with van der Waals surface area (Å²) in [5.41, 5.74) is 9.26. The smallest absolute Gasteiger partial charge is 0.0645 e. The van der Waals surface area contributed by atoms with Gasteiger partial charge in [0.1, 0.15) is 0 Å². The van der Waals surface area contributed by atoms with Crippen molar-refractivity contribution in [1.29, 1.82) is 0 Å². The van der Waals surface area contributed by atoms with E-state index in [2.05, 4.69) is 37.8 Å². The standard InChI is InChI=1S/C15H26N2O/c1-5-13(4)18-11-10-17(6-2)14-9-7-8-12(3)15(14)16/h7-9,13H,5-6,10-11,16H2,1-4H3. The zero-order chi connectivity index (χ0) is 13.5. The van der Waals surface area contributed by atoms with Crippen LogP contribution in [-0.4, -0.2) is 25.8 Å². The molecule has 1 atom stereocenters. The first-order valence-corrected chi connectivity index (χ1v) is 6.81. The zero-order valence-electron chi connectivity index (χ0n) is 12.1. The number of hydrogen-bond acceptors (Lipinski definition) is 3. The third-order valence-corrected chi connectivity index (χ3v) is 3.36. The molecule has 0 spiro atoms. The number of para-hydroxylation sites is 1. The van der Waals surface area contributed by atoms with Crippen molar-refractivity contribution in [3.05, 3.63) is 23.8 Å². The monoisotopic (exact) mass is 250 g/mol. The van der Waals surface area contributed by atoms with Crippen LogP contribution >= 0.6 is 0 Å². The van der Waals surface area contributed by atoms with Gasteiger partial charge in [-0.2, -0.15) is 0 Å². The molecule has 1 aromatic rings. The molecule has 0 aliphatic carbocycles. The van der Waals surface area contributed by atoms with Gasteiger partial charge < -0.3 is 15.4 Å². The Morgan fingerprint density at radius 3 is 2.67 bits per heavy atom. The first kappa shape index (κ1) is 14.8. The number of rotatable bonds is 7. The van der Waals surface area contributed by atoms with Crippen molar-refractivity contribution in [2.75, 3.05) is 30.3 Å². The van der Waals surface area contributed by atoms with Crippen LogP contribution in [0, 0.1) is 6.92 Å². The third-order valence-electron chi connectivity index (χ3n) is 3.36. The van der Waals surface area contributed by atoms with Gasteiger partial charge in [-0.05, 0) is 38.8 Å². The summed E-state index contributed by atoms with van der Waals surface area (Å²) >= 11 is 0. The second-order valence-corrected chi connectivity index (χ2v) is 4.68. The quantitative estimate of drug-likeness (QED) is 0.755. The molecular weight excluding hydrogens is 224 g/mol. The predicted octanol–water partition coefficient (Wildman–Crippen LogP) is 3.22. The van der Waals surface area contributed by atoms with Crippen molar-refractivity contribution in [2.24, 2.45) is 0 Å². The molecule has 0 saturated carbocycles. The molecule has 0 saturated heterocycles. The fourth-order valence-corrected chi connectivity index (χ4v) is 1.87. The molecule has 18 heavy (non-hydrogen) atoms. The summed E-state index contributed by atoms with van der Waals surface area (Å²) < 4.78 is 5.73. The van der Waals surface area contributed by atoms with Crippen molar-refractivity contribution in [3.8, 4) is 0 Å². The van der Waals surface area contributed by atoms with E-state index < -0.39 is 0 Å². The van der Waals surface area contributed by atoms with Crippen LogP contribution in [0.15, 0.2) is 18.2 Å². The highest BCUT2D eigenvalue weighted by molar-refractivity contribution is 5.70. The van der Waals surface area contributed by atoms with Gasteiger partial charge in [0.2, 0.25) is 0 Å². The summed E-state index contributed by atoms with van der Waals surface area (Å²) in [6.45, 7) is 11.0. The molecule has 3 heteroatoms. The molecule has 1 unspecified atom stereocenters. The maximum Gasteiger partial charge on any atom is 0.0645 e. The summed E-state index contributed by atoms with van der Waals surface area (Å²) in [7, 11) is 0. The molecule has 1 aromatic carbocycles. The molecule has 0 aliphatic heterocycles. The van der Waals surface area contributed by atoms with Gasteiger partial charge in [-0.1, -0.05) is 19.1 Å². The van der Waals surface area contributed by atoms with Crippen LogP contribution in [0.1, 0.15) is 32.8 Å². The molecule has 0 aliphatic rings. The number of likely N-dealkylation sites (N-methyl/N-ethyl adjacent to an activating group) is 1. The van der Waals surface area contributed by atoms with Gasteiger partial charge in [0.25, 0.3) is 0 Å². The fourth-order valence-electron chi connectivity index (χ4n) is 1.87. The molecule has 0 bridgehead atoms. The Morgan fingerprint density at radius 2 is 2.06 bits per heavy atom. The molecular formula is C15H26N2O. The molecule has 0 aromatic heterocycles. The zero-order valence-corrected chi connectivity index (χ0v) is 12.1.